The van der Waals surface area contributed by atoms with Crippen molar-refractivity contribution in [3.63, 3.8) is 0 Å². The van der Waals surface area contributed by atoms with Gasteiger partial charge in [-0.05, 0) is 67.4 Å². The van der Waals surface area contributed by atoms with Crippen molar-refractivity contribution in [2.24, 2.45) is 0 Å². The lowest BCUT2D eigenvalue weighted by Crippen LogP contribution is -2.48. The van der Waals surface area contributed by atoms with E-state index >= 15 is 0 Å². The van der Waals surface area contributed by atoms with Crippen LogP contribution in [0.25, 0.3) is 11.0 Å². The Morgan fingerprint density at radius 3 is 2.52 bits per heavy atom. The van der Waals surface area contributed by atoms with E-state index in [1.54, 1.807) is 24.5 Å². The maximum absolute atomic E-state index is 13.6. The van der Waals surface area contributed by atoms with Crippen molar-refractivity contribution in [1.29, 1.82) is 0 Å². The first-order valence-electron chi connectivity index (χ1n) is 15.5. The quantitative estimate of drug-likeness (QED) is 0.214. The van der Waals surface area contributed by atoms with Gasteiger partial charge < -0.3 is 24.0 Å². The molecule has 0 aliphatic carbocycles. The second kappa shape index (κ2) is 13.4. The third-order valence-electron chi connectivity index (χ3n) is 8.67. The highest BCUT2D eigenvalue weighted by molar-refractivity contribution is 6.33. The van der Waals surface area contributed by atoms with Crippen molar-refractivity contribution in [2.75, 3.05) is 38.1 Å². The Morgan fingerprint density at radius 1 is 0.978 bits per heavy atom. The molecule has 46 heavy (non-hydrogen) atoms. The van der Waals surface area contributed by atoms with E-state index < -0.39 is 5.97 Å². The molecule has 0 bridgehead atoms. The minimum atomic E-state index is -0.969. The Labute approximate surface area is 273 Å². The summed E-state index contributed by atoms with van der Waals surface area (Å²) >= 11 is 6.49. The second-order valence-corrected chi connectivity index (χ2v) is 12.3. The van der Waals surface area contributed by atoms with Crippen molar-refractivity contribution in [3.8, 4) is 0 Å². The molecule has 5 aromatic rings. The number of fused-ring (bicyclic) bond motifs is 1. The van der Waals surface area contributed by atoms with E-state index in [2.05, 4.69) is 30.8 Å². The third kappa shape index (κ3) is 6.63. The molecule has 1 saturated heterocycles. The highest BCUT2D eigenvalue weighted by Crippen LogP contribution is 2.27. The number of carboxylic acids is 1. The zero-order valence-electron chi connectivity index (χ0n) is 26.4. The molecule has 1 amide bonds. The molecule has 1 aliphatic heterocycles. The predicted octanol–water partition coefficient (Wildman–Crippen LogP) is 5.56. The van der Waals surface area contributed by atoms with E-state index in [1.165, 1.54) is 0 Å². The Morgan fingerprint density at radius 2 is 1.78 bits per heavy atom. The number of piperazine rings is 1. The number of imidazole rings is 2. The van der Waals surface area contributed by atoms with Gasteiger partial charge in [0.25, 0.3) is 5.91 Å². The summed E-state index contributed by atoms with van der Waals surface area (Å²) in [6.07, 6.45) is 3.65. The van der Waals surface area contributed by atoms with Gasteiger partial charge in [-0.2, -0.15) is 0 Å². The number of carboxylic acid groups (broad SMARTS) is 1. The van der Waals surface area contributed by atoms with E-state index in [1.807, 2.05) is 67.5 Å². The summed E-state index contributed by atoms with van der Waals surface area (Å²) in [6.45, 7) is 9.24. The number of aromatic carboxylic acids is 1. The number of amides is 1. The van der Waals surface area contributed by atoms with Crippen LogP contribution in [0.1, 0.15) is 50.3 Å². The van der Waals surface area contributed by atoms with Crippen LogP contribution in [-0.4, -0.2) is 79.1 Å². The molecule has 0 spiro atoms. The monoisotopic (exact) mass is 639 g/mol. The third-order valence-corrected chi connectivity index (χ3v) is 8.97. The molecular weight excluding hydrogens is 602 g/mol. The van der Waals surface area contributed by atoms with Crippen LogP contribution in [0.3, 0.4) is 0 Å². The van der Waals surface area contributed by atoms with Gasteiger partial charge in [-0.3, -0.25) is 9.69 Å². The standard InChI is InChI=1S/C35H38ClN7O3/c1-4-41-23-37-19-28(41)21-43-32-18-27(35(45)46)9-10-30(32)38-33(43)22-40-12-14-42(15-13-40)34(44)26-7-5-6-25(17-26)20-39(3)31-11-8-24(2)16-29(31)36/h5-11,16-19,23H,4,12-15,20-22H2,1-3H3,(H,45,46). The molecule has 0 atom stereocenters. The van der Waals surface area contributed by atoms with Crippen LogP contribution < -0.4 is 4.90 Å². The number of aryl methyl sites for hydroxylation is 2. The van der Waals surface area contributed by atoms with Crippen LogP contribution in [0.4, 0.5) is 5.69 Å². The minimum absolute atomic E-state index is 0.0267. The van der Waals surface area contributed by atoms with Crippen molar-refractivity contribution in [3.05, 3.63) is 112 Å². The Kier molecular flexibility index (Phi) is 9.10. The van der Waals surface area contributed by atoms with Crippen LogP contribution in [-0.2, 0) is 26.2 Å². The fraction of sp³-hybridized carbons (Fsp3) is 0.314. The molecule has 10 nitrogen and oxygen atoms in total. The normalized spacial score (nSPS) is 13.8. The first-order valence-corrected chi connectivity index (χ1v) is 15.9. The average molecular weight is 640 g/mol. The number of benzene rings is 3. The molecule has 3 aromatic carbocycles. The van der Waals surface area contributed by atoms with Gasteiger partial charge in [0.2, 0.25) is 0 Å². The van der Waals surface area contributed by atoms with Crippen molar-refractivity contribution >= 4 is 40.2 Å². The molecule has 3 heterocycles. The number of halogens is 1. The number of carbonyl (C=O) groups excluding carboxylic acids is 1. The molecule has 11 heteroatoms. The second-order valence-electron chi connectivity index (χ2n) is 11.9. The Balaban J connectivity index is 1.14. The molecule has 1 fully saturated rings. The molecule has 1 N–H and O–H groups in total. The van der Waals surface area contributed by atoms with Crippen LogP contribution in [0.2, 0.25) is 5.02 Å². The van der Waals surface area contributed by atoms with E-state index in [-0.39, 0.29) is 11.5 Å². The van der Waals surface area contributed by atoms with Crippen LogP contribution in [0.5, 0.6) is 0 Å². The highest BCUT2D eigenvalue weighted by atomic mass is 35.5. The van der Waals surface area contributed by atoms with Gasteiger partial charge in [0.05, 0.1) is 52.4 Å². The van der Waals surface area contributed by atoms with Gasteiger partial charge in [0, 0.05) is 58.1 Å². The number of carbonyl (C=O) groups is 2. The first-order chi connectivity index (χ1) is 22.2. The van der Waals surface area contributed by atoms with Crippen LogP contribution >= 0.6 is 11.6 Å². The number of aromatic nitrogens is 4. The smallest absolute Gasteiger partial charge is 0.335 e. The highest BCUT2D eigenvalue weighted by Gasteiger charge is 2.25. The topological polar surface area (TPSA) is 99.7 Å². The molecule has 0 unspecified atom stereocenters. The number of hydrogen-bond acceptors (Lipinski definition) is 6. The van der Waals surface area contributed by atoms with Crippen molar-refractivity contribution in [1.82, 2.24) is 28.9 Å². The van der Waals surface area contributed by atoms with Gasteiger partial charge in [-0.25, -0.2) is 14.8 Å². The van der Waals surface area contributed by atoms with Crippen molar-refractivity contribution in [2.45, 2.75) is 40.0 Å². The lowest BCUT2D eigenvalue weighted by Gasteiger charge is -2.34. The number of rotatable bonds is 10. The van der Waals surface area contributed by atoms with E-state index in [0.29, 0.717) is 56.4 Å². The SMILES string of the molecule is CCn1cncc1Cn1c(CN2CCN(C(=O)c3cccc(CN(C)c4ccc(C)cc4Cl)c3)CC2)nc2ccc(C(=O)O)cc21. The summed E-state index contributed by atoms with van der Waals surface area (Å²) in [7, 11) is 2.00. The van der Waals surface area contributed by atoms with Gasteiger partial charge in [0.1, 0.15) is 5.82 Å². The van der Waals surface area contributed by atoms with E-state index in [4.69, 9.17) is 16.6 Å². The van der Waals surface area contributed by atoms with Crippen LogP contribution in [0.15, 0.2) is 73.2 Å². The van der Waals surface area contributed by atoms with Gasteiger partial charge in [-0.1, -0.05) is 29.8 Å². The molecule has 6 rings (SSSR count). The van der Waals surface area contributed by atoms with E-state index in [0.717, 1.165) is 45.9 Å². The molecule has 2 aromatic heterocycles. The lowest BCUT2D eigenvalue weighted by molar-refractivity contribution is 0.0623. The minimum Gasteiger partial charge on any atom is -0.478 e. The number of hydrogen-bond donors (Lipinski definition) is 1. The van der Waals surface area contributed by atoms with Gasteiger partial charge in [0.15, 0.2) is 0 Å². The number of nitrogens with zero attached hydrogens (tertiary/aromatic N) is 7. The maximum atomic E-state index is 13.6. The summed E-state index contributed by atoms with van der Waals surface area (Å²) in [4.78, 5) is 40.8. The fourth-order valence-corrected chi connectivity index (χ4v) is 6.48. The predicted molar refractivity (Wildman–Crippen MR) is 180 cm³/mol. The molecule has 1 aliphatic rings. The van der Waals surface area contributed by atoms with Crippen LogP contribution in [0, 0.1) is 6.92 Å². The number of anilines is 1. The molecular formula is C35H38ClN7O3. The Hall–Kier alpha value is -4.67. The van der Waals surface area contributed by atoms with E-state index in [9.17, 15) is 14.7 Å². The summed E-state index contributed by atoms with van der Waals surface area (Å²) < 4.78 is 4.17. The summed E-state index contributed by atoms with van der Waals surface area (Å²) in [5, 5.41) is 10.3. The fourth-order valence-electron chi connectivity index (χ4n) is 6.10. The Bertz CT molecular complexity index is 1890. The molecule has 238 valence electrons. The summed E-state index contributed by atoms with van der Waals surface area (Å²) in [6, 6.07) is 18.9. The van der Waals surface area contributed by atoms with Crippen molar-refractivity contribution < 1.29 is 14.7 Å². The molecule has 0 radical (unpaired) electrons. The van der Waals surface area contributed by atoms with Gasteiger partial charge in [-0.15, -0.1) is 0 Å². The first kappa shape index (κ1) is 31.3. The maximum Gasteiger partial charge on any atom is 0.335 e. The summed E-state index contributed by atoms with van der Waals surface area (Å²) in [5.41, 5.74) is 6.57. The molecule has 0 saturated carbocycles. The summed E-state index contributed by atoms with van der Waals surface area (Å²) in [5.74, 6) is -0.0886. The van der Waals surface area contributed by atoms with Gasteiger partial charge >= 0.3 is 5.97 Å². The average Bonchev–Trinajstić information content (AvgIpc) is 3.64. The largest absolute Gasteiger partial charge is 0.478 e. The lowest BCUT2D eigenvalue weighted by atomic mass is 10.1. The zero-order valence-corrected chi connectivity index (χ0v) is 27.1. The zero-order chi connectivity index (χ0) is 32.4.